The van der Waals surface area contributed by atoms with Crippen molar-refractivity contribution in [3.05, 3.63) is 30.1 Å². The van der Waals surface area contributed by atoms with E-state index in [4.69, 9.17) is 5.11 Å². The molecule has 0 fully saturated rings. The summed E-state index contributed by atoms with van der Waals surface area (Å²) in [5.74, 6) is -0.760. The van der Waals surface area contributed by atoms with Crippen LogP contribution in [0.15, 0.2) is 24.4 Å². The first-order chi connectivity index (χ1) is 8.06. The molecule has 4 nitrogen and oxygen atoms in total. The molecule has 0 aliphatic carbocycles. The Morgan fingerprint density at radius 3 is 2.65 bits per heavy atom. The summed E-state index contributed by atoms with van der Waals surface area (Å²) in [4.78, 5) is 17.2. The molecule has 17 heavy (non-hydrogen) atoms. The fraction of sp³-hybridized carbons (Fsp3) is 0.538. The Morgan fingerprint density at radius 2 is 2.18 bits per heavy atom. The van der Waals surface area contributed by atoms with Crippen LogP contribution in [0.25, 0.3) is 0 Å². The molecule has 0 radical (unpaired) electrons. The van der Waals surface area contributed by atoms with Gasteiger partial charge in [-0.2, -0.15) is 0 Å². The zero-order valence-corrected chi connectivity index (χ0v) is 10.6. The number of aromatic nitrogens is 1. The molecule has 94 valence electrons. The van der Waals surface area contributed by atoms with E-state index in [-0.39, 0.29) is 18.5 Å². The second-order valence-electron chi connectivity index (χ2n) is 4.21. The number of nitrogens with zero attached hydrogens (tertiary/aromatic N) is 2. The number of carboxylic acids is 1. The van der Waals surface area contributed by atoms with Gasteiger partial charge in [0.05, 0.1) is 12.1 Å². The van der Waals surface area contributed by atoms with Crippen LogP contribution in [0.4, 0.5) is 0 Å². The van der Waals surface area contributed by atoms with Gasteiger partial charge in [0.25, 0.3) is 0 Å². The first kappa shape index (κ1) is 13.6. The van der Waals surface area contributed by atoms with Crippen LogP contribution < -0.4 is 0 Å². The van der Waals surface area contributed by atoms with E-state index < -0.39 is 5.97 Å². The molecule has 1 N–H and O–H groups in total. The number of rotatable bonds is 6. The van der Waals surface area contributed by atoms with Gasteiger partial charge >= 0.3 is 5.97 Å². The molecular formula is C13H20N2O2. The molecule has 2 atom stereocenters. The van der Waals surface area contributed by atoms with E-state index in [1.165, 1.54) is 0 Å². The monoisotopic (exact) mass is 236 g/mol. The van der Waals surface area contributed by atoms with Crippen LogP contribution in [0.5, 0.6) is 0 Å². The van der Waals surface area contributed by atoms with Gasteiger partial charge in [0.15, 0.2) is 0 Å². The molecule has 0 bridgehead atoms. The molecule has 1 rings (SSSR count). The van der Waals surface area contributed by atoms with E-state index >= 15 is 0 Å². The molecular weight excluding hydrogens is 216 g/mol. The van der Waals surface area contributed by atoms with Gasteiger partial charge in [0.2, 0.25) is 0 Å². The third-order valence-corrected chi connectivity index (χ3v) is 3.01. The molecule has 0 aliphatic rings. The fourth-order valence-corrected chi connectivity index (χ4v) is 2.13. The molecule has 0 amide bonds. The number of carbonyl (C=O) groups is 1. The molecule has 0 aromatic carbocycles. The van der Waals surface area contributed by atoms with Gasteiger partial charge in [-0.3, -0.25) is 14.7 Å². The standard InChI is InChI=1S/C13H20N2O2/c1-4-15(10(2)9-13(16)17)11(3)12-7-5-6-8-14-12/h5-8,10-11H,4,9H2,1-3H3,(H,16,17). The summed E-state index contributed by atoms with van der Waals surface area (Å²) in [6, 6.07) is 5.95. The second kappa shape index (κ2) is 6.35. The Morgan fingerprint density at radius 1 is 1.47 bits per heavy atom. The third kappa shape index (κ3) is 3.82. The van der Waals surface area contributed by atoms with Crippen LogP contribution in [-0.4, -0.2) is 33.5 Å². The highest BCUT2D eigenvalue weighted by atomic mass is 16.4. The van der Waals surface area contributed by atoms with Crippen molar-refractivity contribution < 1.29 is 9.90 Å². The largest absolute Gasteiger partial charge is 0.481 e. The highest BCUT2D eigenvalue weighted by molar-refractivity contribution is 5.67. The average molecular weight is 236 g/mol. The van der Waals surface area contributed by atoms with Gasteiger partial charge in [-0.05, 0) is 32.5 Å². The van der Waals surface area contributed by atoms with Gasteiger partial charge in [0.1, 0.15) is 0 Å². The van der Waals surface area contributed by atoms with E-state index in [2.05, 4.69) is 16.8 Å². The average Bonchev–Trinajstić information content (AvgIpc) is 2.30. The molecule has 0 aliphatic heterocycles. The molecule has 2 unspecified atom stereocenters. The van der Waals surface area contributed by atoms with E-state index in [1.54, 1.807) is 6.20 Å². The summed E-state index contributed by atoms with van der Waals surface area (Å²) < 4.78 is 0. The Labute approximate surface area is 102 Å². The lowest BCUT2D eigenvalue weighted by atomic mass is 10.1. The SMILES string of the molecule is CCN(C(C)CC(=O)O)C(C)c1ccccn1. The summed E-state index contributed by atoms with van der Waals surface area (Å²) in [7, 11) is 0. The van der Waals surface area contributed by atoms with E-state index in [0.29, 0.717) is 0 Å². The first-order valence-corrected chi connectivity index (χ1v) is 5.94. The maximum absolute atomic E-state index is 10.7. The highest BCUT2D eigenvalue weighted by Crippen LogP contribution is 2.21. The van der Waals surface area contributed by atoms with Crippen molar-refractivity contribution in [3.63, 3.8) is 0 Å². The first-order valence-electron chi connectivity index (χ1n) is 5.94. The van der Waals surface area contributed by atoms with Crippen molar-refractivity contribution in [1.29, 1.82) is 0 Å². The molecule has 0 spiro atoms. The summed E-state index contributed by atoms with van der Waals surface area (Å²) in [5.41, 5.74) is 0.978. The summed E-state index contributed by atoms with van der Waals surface area (Å²) >= 11 is 0. The smallest absolute Gasteiger partial charge is 0.304 e. The highest BCUT2D eigenvalue weighted by Gasteiger charge is 2.22. The number of pyridine rings is 1. The predicted molar refractivity (Wildman–Crippen MR) is 66.7 cm³/mol. The van der Waals surface area contributed by atoms with Crippen molar-refractivity contribution >= 4 is 5.97 Å². The van der Waals surface area contributed by atoms with Crippen LogP contribution in [0.3, 0.4) is 0 Å². The Hall–Kier alpha value is -1.42. The van der Waals surface area contributed by atoms with Crippen molar-refractivity contribution in [1.82, 2.24) is 9.88 Å². The summed E-state index contributed by atoms with van der Waals surface area (Å²) in [6.07, 6.45) is 1.92. The van der Waals surface area contributed by atoms with Crippen LogP contribution in [0.2, 0.25) is 0 Å². The Bertz CT molecular complexity index is 354. The second-order valence-corrected chi connectivity index (χ2v) is 4.21. The molecule has 1 aromatic heterocycles. The van der Waals surface area contributed by atoms with Gasteiger partial charge < -0.3 is 5.11 Å². The Balaban J connectivity index is 2.76. The normalized spacial score (nSPS) is 14.6. The maximum atomic E-state index is 10.7. The quantitative estimate of drug-likeness (QED) is 0.823. The predicted octanol–water partition coefficient (Wildman–Crippen LogP) is 2.33. The van der Waals surface area contributed by atoms with Crippen LogP contribution in [-0.2, 0) is 4.79 Å². The van der Waals surface area contributed by atoms with Crippen molar-refractivity contribution in [2.75, 3.05) is 6.54 Å². The summed E-state index contributed by atoms with van der Waals surface area (Å²) in [6.45, 7) is 6.85. The fourth-order valence-electron chi connectivity index (χ4n) is 2.13. The number of aliphatic carboxylic acids is 1. The van der Waals surface area contributed by atoms with Gasteiger partial charge in [-0.15, -0.1) is 0 Å². The van der Waals surface area contributed by atoms with E-state index in [1.807, 2.05) is 32.0 Å². The zero-order chi connectivity index (χ0) is 12.8. The molecule has 0 saturated carbocycles. The van der Waals surface area contributed by atoms with Crippen LogP contribution in [0, 0.1) is 0 Å². The third-order valence-electron chi connectivity index (χ3n) is 3.01. The van der Waals surface area contributed by atoms with Crippen molar-refractivity contribution in [3.8, 4) is 0 Å². The van der Waals surface area contributed by atoms with Crippen LogP contribution >= 0.6 is 0 Å². The lowest BCUT2D eigenvalue weighted by Crippen LogP contribution is -2.37. The molecule has 1 aromatic rings. The lowest BCUT2D eigenvalue weighted by Gasteiger charge is -2.32. The minimum atomic E-state index is -0.760. The van der Waals surface area contributed by atoms with Crippen molar-refractivity contribution in [2.24, 2.45) is 0 Å². The maximum Gasteiger partial charge on any atom is 0.304 e. The van der Waals surface area contributed by atoms with Crippen molar-refractivity contribution in [2.45, 2.75) is 39.3 Å². The zero-order valence-electron chi connectivity index (χ0n) is 10.6. The minimum absolute atomic E-state index is 0.00880. The summed E-state index contributed by atoms with van der Waals surface area (Å²) in [5, 5.41) is 8.84. The number of carboxylic acid groups (broad SMARTS) is 1. The van der Waals surface area contributed by atoms with Gasteiger partial charge in [-0.1, -0.05) is 13.0 Å². The van der Waals surface area contributed by atoms with Gasteiger partial charge in [-0.25, -0.2) is 0 Å². The minimum Gasteiger partial charge on any atom is -0.481 e. The van der Waals surface area contributed by atoms with Gasteiger partial charge in [0, 0.05) is 18.3 Å². The molecule has 1 heterocycles. The van der Waals surface area contributed by atoms with E-state index in [9.17, 15) is 4.79 Å². The number of hydrogen-bond donors (Lipinski definition) is 1. The van der Waals surface area contributed by atoms with E-state index in [0.717, 1.165) is 12.2 Å². The molecule has 4 heteroatoms. The Kier molecular flexibility index (Phi) is 5.10. The molecule has 0 saturated heterocycles. The lowest BCUT2D eigenvalue weighted by molar-refractivity contribution is -0.138. The topological polar surface area (TPSA) is 53.4 Å². The number of hydrogen-bond acceptors (Lipinski definition) is 3. The van der Waals surface area contributed by atoms with Crippen LogP contribution in [0.1, 0.15) is 38.9 Å².